The van der Waals surface area contributed by atoms with Gasteiger partial charge in [-0.2, -0.15) is 5.10 Å². The maximum Gasteiger partial charge on any atom is 0.0534 e. The maximum atomic E-state index is 4.30. The van der Waals surface area contributed by atoms with E-state index in [4.69, 9.17) is 0 Å². The van der Waals surface area contributed by atoms with Crippen LogP contribution in [0.3, 0.4) is 0 Å². The minimum absolute atomic E-state index is 0.570. The third-order valence-corrected chi connectivity index (χ3v) is 5.64. The van der Waals surface area contributed by atoms with Crippen molar-refractivity contribution in [3.8, 4) is 0 Å². The number of likely N-dealkylation sites (tertiary alicyclic amines) is 2. The van der Waals surface area contributed by atoms with Crippen molar-refractivity contribution in [1.82, 2.24) is 19.6 Å². The third kappa shape index (κ3) is 2.70. The van der Waals surface area contributed by atoms with Crippen molar-refractivity contribution in [2.75, 3.05) is 26.7 Å². The number of benzene rings is 1. The van der Waals surface area contributed by atoms with Crippen LogP contribution in [0.1, 0.15) is 22.7 Å². The first-order valence-corrected chi connectivity index (χ1v) is 8.57. The number of rotatable bonds is 3. The van der Waals surface area contributed by atoms with Crippen molar-refractivity contribution in [3.05, 3.63) is 53.3 Å². The molecule has 23 heavy (non-hydrogen) atoms. The summed E-state index contributed by atoms with van der Waals surface area (Å²) in [7, 11) is 4.28. The fraction of sp³-hybridized carbons (Fsp3) is 0.526. The van der Waals surface area contributed by atoms with E-state index in [9.17, 15) is 0 Å². The van der Waals surface area contributed by atoms with E-state index in [1.807, 2.05) is 17.9 Å². The standard InChI is InChI=1S/C19H26N4/c1-14-6-4-5-7-17(14)19-18-13-23(12-16(18)11-21(19)2)10-15-8-20-22(3)9-15/h4-9,16,18-19H,10-13H2,1-3H3/t16-,18+,19+/m0/s1. The monoisotopic (exact) mass is 310 g/mol. The lowest BCUT2D eigenvalue weighted by atomic mass is 9.88. The van der Waals surface area contributed by atoms with E-state index in [0.717, 1.165) is 18.4 Å². The number of hydrogen-bond acceptors (Lipinski definition) is 3. The Morgan fingerprint density at radius 2 is 1.96 bits per heavy atom. The second kappa shape index (κ2) is 5.77. The summed E-state index contributed by atoms with van der Waals surface area (Å²) in [5.74, 6) is 1.54. The van der Waals surface area contributed by atoms with Gasteiger partial charge in [0.25, 0.3) is 0 Å². The van der Waals surface area contributed by atoms with Gasteiger partial charge in [0.15, 0.2) is 0 Å². The lowest BCUT2D eigenvalue weighted by Crippen LogP contribution is -2.29. The number of fused-ring (bicyclic) bond motifs is 1. The van der Waals surface area contributed by atoms with E-state index in [2.05, 4.69) is 59.3 Å². The number of aromatic nitrogens is 2. The molecule has 0 N–H and O–H groups in total. The molecule has 4 heteroatoms. The highest BCUT2D eigenvalue weighted by atomic mass is 15.3. The van der Waals surface area contributed by atoms with E-state index in [1.54, 1.807) is 0 Å². The van der Waals surface area contributed by atoms with Crippen molar-refractivity contribution in [2.45, 2.75) is 19.5 Å². The smallest absolute Gasteiger partial charge is 0.0534 e. The van der Waals surface area contributed by atoms with Gasteiger partial charge in [-0.1, -0.05) is 24.3 Å². The molecular formula is C19H26N4. The zero-order valence-electron chi connectivity index (χ0n) is 14.3. The molecule has 0 saturated carbocycles. The molecule has 4 nitrogen and oxygen atoms in total. The number of aryl methyl sites for hydroxylation is 2. The van der Waals surface area contributed by atoms with Crippen LogP contribution >= 0.6 is 0 Å². The van der Waals surface area contributed by atoms with Crippen LogP contribution in [0.2, 0.25) is 0 Å². The van der Waals surface area contributed by atoms with Gasteiger partial charge in [0.1, 0.15) is 0 Å². The molecule has 0 bridgehead atoms. The maximum absolute atomic E-state index is 4.30. The van der Waals surface area contributed by atoms with Crippen LogP contribution in [-0.2, 0) is 13.6 Å². The Kier molecular flexibility index (Phi) is 3.74. The largest absolute Gasteiger partial charge is 0.299 e. The van der Waals surface area contributed by atoms with Crippen LogP contribution in [0.25, 0.3) is 0 Å². The molecule has 0 unspecified atom stereocenters. The molecule has 122 valence electrons. The summed E-state index contributed by atoms with van der Waals surface area (Å²) in [6.45, 7) is 6.91. The second-order valence-electron chi connectivity index (χ2n) is 7.38. The lowest BCUT2D eigenvalue weighted by Gasteiger charge is -2.28. The normalized spacial score (nSPS) is 28.4. The zero-order chi connectivity index (χ0) is 16.0. The molecular weight excluding hydrogens is 284 g/mol. The van der Waals surface area contributed by atoms with Crippen molar-refractivity contribution in [3.63, 3.8) is 0 Å². The van der Waals surface area contributed by atoms with Gasteiger partial charge in [-0.3, -0.25) is 14.5 Å². The summed E-state index contributed by atoms with van der Waals surface area (Å²) in [5.41, 5.74) is 4.27. The van der Waals surface area contributed by atoms with E-state index in [1.165, 1.54) is 36.3 Å². The van der Waals surface area contributed by atoms with Gasteiger partial charge in [-0.15, -0.1) is 0 Å². The van der Waals surface area contributed by atoms with Gasteiger partial charge in [0, 0.05) is 51.0 Å². The van der Waals surface area contributed by atoms with Crippen molar-refractivity contribution in [2.24, 2.45) is 18.9 Å². The topological polar surface area (TPSA) is 24.3 Å². The molecule has 4 rings (SSSR count). The van der Waals surface area contributed by atoms with Crippen molar-refractivity contribution in [1.29, 1.82) is 0 Å². The average molecular weight is 310 g/mol. The van der Waals surface area contributed by atoms with E-state index < -0.39 is 0 Å². The Balaban J connectivity index is 1.52. The van der Waals surface area contributed by atoms with Gasteiger partial charge < -0.3 is 0 Å². The van der Waals surface area contributed by atoms with Gasteiger partial charge in [0.05, 0.1) is 6.20 Å². The fourth-order valence-corrected chi connectivity index (χ4v) is 4.68. The SMILES string of the molecule is Cc1ccccc1[C@@H]1[C@@H]2CN(Cc3cnn(C)c3)C[C@@H]2CN1C. The quantitative estimate of drug-likeness (QED) is 0.870. The Morgan fingerprint density at radius 1 is 1.13 bits per heavy atom. The molecule has 3 heterocycles. The Hall–Kier alpha value is -1.65. The summed E-state index contributed by atoms with van der Waals surface area (Å²) in [6, 6.07) is 9.47. The third-order valence-electron chi connectivity index (χ3n) is 5.64. The Labute approximate surface area is 138 Å². The van der Waals surface area contributed by atoms with E-state index >= 15 is 0 Å². The summed E-state index contributed by atoms with van der Waals surface area (Å²) in [4.78, 5) is 5.18. The molecule has 1 aromatic heterocycles. The minimum atomic E-state index is 0.570. The Morgan fingerprint density at radius 3 is 2.70 bits per heavy atom. The highest BCUT2D eigenvalue weighted by Gasteiger charge is 2.46. The molecule has 2 aliphatic rings. The molecule has 0 spiro atoms. The van der Waals surface area contributed by atoms with Crippen LogP contribution < -0.4 is 0 Å². The van der Waals surface area contributed by atoms with Crippen LogP contribution in [0.5, 0.6) is 0 Å². The highest BCUT2D eigenvalue weighted by molar-refractivity contribution is 5.31. The predicted octanol–water partition coefficient (Wildman–Crippen LogP) is 2.46. The predicted molar refractivity (Wildman–Crippen MR) is 92.0 cm³/mol. The summed E-state index contributed by atoms with van der Waals surface area (Å²) >= 11 is 0. The summed E-state index contributed by atoms with van der Waals surface area (Å²) in [6.07, 6.45) is 4.14. The van der Waals surface area contributed by atoms with Gasteiger partial charge >= 0.3 is 0 Å². The second-order valence-corrected chi connectivity index (χ2v) is 7.38. The molecule has 0 aliphatic carbocycles. The Bertz CT molecular complexity index is 692. The fourth-order valence-electron chi connectivity index (χ4n) is 4.68. The highest BCUT2D eigenvalue weighted by Crippen LogP contribution is 2.45. The van der Waals surface area contributed by atoms with Crippen LogP contribution in [0.4, 0.5) is 0 Å². The zero-order valence-corrected chi connectivity index (χ0v) is 14.3. The van der Waals surface area contributed by atoms with Gasteiger partial charge in [-0.25, -0.2) is 0 Å². The number of hydrogen-bond donors (Lipinski definition) is 0. The first-order valence-electron chi connectivity index (χ1n) is 8.57. The molecule has 0 amide bonds. The minimum Gasteiger partial charge on any atom is -0.299 e. The molecule has 1 aromatic carbocycles. The van der Waals surface area contributed by atoms with Crippen LogP contribution in [-0.4, -0.2) is 46.3 Å². The van der Waals surface area contributed by atoms with Crippen molar-refractivity contribution >= 4 is 0 Å². The molecule has 2 aromatic rings. The van der Waals surface area contributed by atoms with E-state index in [-0.39, 0.29) is 0 Å². The van der Waals surface area contributed by atoms with Crippen LogP contribution in [0, 0.1) is 18.8 Å². The number of nitrogens with zero attached hydrogens (tertiary/aromatic N) is 4. The average Bonchev–Trinajstić information content (AvgIpc) is 3.15. The lowest BCUT2D eigenvalue weighted by molar-refractivity contribution is 0.224. The summed E-state index contributed by atoms with van der Waals surface area (Å²) in [5, 5.41) is 4.30. The molecule has 2 saturated heterocycles. The van der Waals surface area contributed by atoms with Gasteiger partial charge in [-0.05, 0) is 36.9 Å². The van der Waals surface area contributed by atoms with Crippen LogP contribution in [0.15, 0.2) is 36.7 Å². The van der Waals surface area contributed by atoms with E-state index in [0.29, 0.717) is 6.04 Å². The molecule has 0 radical (unpaired) electrons. The first-order chi connectivity index (χ1) is 11.1. The summed E-state index contributed by atoms with van der Waals surface area (Å²) < 4.78 is 1.90. The molecule has 2 aliphatic heterocycles. The van der Waals surface area contributed by atoms with Crippen molar-refractivity contribution < 1.29 is 0 Å². The first kappa shape index (κ1) is 14.9. The molecule has 2 fully saturated rings. The van der Waals surface area contributed by atoms with Gasteiger partial charge in [0.2, 0.25) is 0 Å². The molecule has 3 atom stereocenters.